The highest BCUT2D eigenvalue weighted by atomic mass is 32.2. The molecule has 3 aromatic rings. The molecule has 0 bridgehead atoms. The Labute approximate surface area is 157 Å². The van der Waals surface area contributed by atoms with E-state index in [2.05, 4.69) is 5.32 Å². The van der Waals surface area contributed by atoms with Crippen LogP contribution in [-0.2, 0) is 6.18 Å². The first-order valence-corrected chi connectivity index (χ1v) is 8.65. The Balaban J connectivity index is 1.94. The molecule has 0 spiro atoms. The van der Waals surface area contributed by atoms with Gasteiger partial charge >= 0.3 is 6.18 Å². The second-order valence-electron chi connectivity index (χ2n) is 5.58. The van der Waals surface area contributed by atoms with E-state index in [1.165, 1.54) is 30.0 Å². The van der Waals surface area contributed by atoms with Crippen molar-refractivity contribution in [2.24, 2.45) is 0 Å². The fourth-order valence-corrected chi connectivity index (χ4v) is 3.21. The largest absolute Gasteiger partial charge is 0.416 e. The van der Waals surface area contributed by atoms with Crippen LogP contribution in [0.2, 0.25) is 0 Å². The summed E-state index contributed by atoms with van der Waals surface area (Å²) in [4.78, 5) is 13.6. The number of amides is 1. The maximum atomic E-state index is 13.1. The van der Waals surface area contributed by atoms with Crippen LogP contribution in [0.1, 0.15) is 15.9 Å². The molecule has 3 rings (SSSR count). The first kappa shape index (κ1) is 19.0. The molecule has 0 aliphatic rings. The fourth-order valence-electron chi connectivity index (χ4n) is 2.30. The molecule has 0 aromatic heterocycles. The van der Waals surface area contributed by atoms with Gasteiger partial charge in [0.1, 0.15) is 5.82 Å². The Morgan fingerprint density at radius 1 is 0.889 bits per heavy atom. The van der Waals surface area contributed by atoms with E-state index in [4.69, 9.17) is 0 Å². The molecule has 1 amide bonds. The highest BCUT2D eigenvalue weighted by Crippen LogP contribution is 2.38. The van der Waals surface area contributed by atoms with Crippen LogP contribution in [0.25, 0.3) is 0 Å². The zero-order valence-corrected chi connectivity index (χ0v) is 14.6. The van der Waals surface area contributed by atoms with E-state index in [0.29, 0.717) is 4.90 Å². The van der Waals surface area contributed by atoms with Gasteiger partial charge in [0.25, 0.3) is 5.91 Å². The maximum Gasteiger partial charge on any atom is 0.416 e. The van der Waals surface area contributed by atoms with Crippen LogP contribution >= 0.6 is 11.8 Å². The molecule has 27 heavy (non-hydrogen) atoms. The van der Waals surface area contributed by atoms with E-state index in [0.717, 1.165) is 29.2 Å². The van der Waals surface area contributed by atoms with Gasteiger partial charge in [0.2, 0.25) is 0 Å². The second-order valence-corrected chi connectivity index (χ2v) is 6.70. The molecule has 0 saturated heterocycles. The molecule has 0 unspecified atom stereocenters. The zero-order chi connectivity index (χ0) is 19.4. The summed E-state index contributed by atoms with van der Waals surface area (Å²) >= 11 is 1.23. The molecule has 0 heterocycles. The summed E-state index contributed by atoms with van der Waals surface area (Å²) < 4.78 is 52.2. The molecule has 2 nitrogen and oxygen atoms in total. The molecule has 0 atom stereocenters. The van der Waals surface area contributed by atoms with Crippen molar-refractivity contribution < 1.29 is 22.4 Å². The minimum atomic E-state index is -4.54. The number of nitrogens with one attached hydrogen (secondary N) is 1. The summed E-state index contributed by atoms with van der Waals surface area (Å²) in [5.41, 5.74) is -0.688. The number of carbonyl (C=O) groups is 1. The van der Waals surface area contributed by atoms with Crippen molar-refractivity contribution in [2.75, 3.05) is 5.32 Å². The standard InChI is InChI=1S/C20H13F4NOS/c21-15-9-6-13(7-10-15)19(26)25-17-12-14(20(22,23)24)8-11-18(17)27-16-4-2-1-3-5-16/h1-12H,(H,25,26). The third kappa shape index (κ3) is 4.89. The Kier molecular flexibility index (Phi) is 5.51. The summed E-state index contributed by atoms with van der Waals surface area (Å²) in [6, 6.07) is 17.0. The topological polar surface area (TPSA) is 29.1 Å². The first-order chi connectivity index (χ1) is 12.8. The molecule has 3 aromatic carbocycles. The predicted octanol–water partition coefficient (Wildman–Crippen LogP) is 6.25. The number of anilines is 1. The lowest BCUT2D eigenvalue weighted by Gasteiger charge is -2.14. The quantitative estimate of drug-likeness (QED) is 0.533. The van der Waals surface area contributed by atoms with E-state index in [1.54, 1.807) is 0 Å². The van der Waals surface area contributed by atoms with Gasteiger partial charge in [-0.15, -0.1) is 0 Å². The number of hydrogen-bond acceptors (Lipinski definition) is 2. The third-order valence-corrected chi connectivity index (χ3v) is 4.72. The average molecular weight is 391 g/mol. The van der Waals surface area contributed by atoms with Crippen molar-refractivity contribution >= 4 is 23.4 Å². The van der Waals surface area contributed by atoms with Gasteiger partial charge in [0.15, 0.2) is 0 Å². The molecule has 0 aliphatic carbocycles. The summed E-state index contributed by atoms with van der Waals surface area (Å²) in [6.45, 7) is 0. The van der Waals surface area contributed by atoms with E-state index >= 15 is 0 Å². The number of halogens is 4. The van der Waals surface area contributed by atoms with Crippen LogP contribution in [0.3, 0.4) is 0 Å². The Hall–Kier alpha value is -2.80. The molecule has 0 radical (unpaired) electrons. The summed E-state index contributed by atoms with van der Waals surface area (Å²) in [7, 11) is 0. The Morgan fingerprint density at radius 2 is 1.56 bits per heavy atom. The van der Waals surface area contributed by atoms with Crippen LogP contribution in [0.15, 0.2) is 82.6 Å². The number of benzene rings is 3. The van der Waals surface area contributed by atoms with Crippen LogP contribution in [-0.4, -0.2) is 5.91 Å². The molecule has 138 valence electrons. The van der Waals surface area contributed by atoms with Crippen molar-refractivity contribution in [1.82, 2.24) is 0 Å². The van der Waals surface area contributed by atoms with Crippen molar-refractivity contribution in [1.29, 1.82) is 0 Å². The molecule has 7 heteroatoms. The van der Waals surface area contributed by atoms with Gasteiger partial charge in [-0.2, -0.15) is 13.2 Å². The molecule has 0 fully saturated rings. The molecule has 0 aliphatic heterocycles. The summed E-state index contributed by atoms with van der Waals surface area (Å²) in [6.07, 6.45) is -4.54. The Morgan fingerprint density at radius 3 is 2.19 bits per heavy atom. The van der Waals surface area contributed by atoms with E-state index < -0.39 is 23.5 Å². The van der Waals surface area contributed by atoms with Crippen LogP contribution in [0, 0.1) is 5.82 Å². The molecule has 0 saturated carbocycles. The fraction of sp³-hybridized carbons (Fsp3) is 0.0500. The SMILES string of the molecule is O=C(Nc1cc(C(F)(F)F)ccc1Sc1ccccc1)c1ccc(F)cc1. The van der Waals surface area contributed by atoms with Crippen LogP contribution in [0.4, 0.5) is 23.2 Å². The second kappa shape index (κ2) is 7.84. The summed E-state index contributed by atoms with van der Waals surface area (Å²) in [5.74, 6) is -1.13. The van der Waals surface area contributed by atoms with Gasteiger partial charge in [-0.3, -0.25) is 4.79 Å². The van der Waals surface area contributed by atoms with Gasteiger partial charge in [-0.25, -0.2) is 4.39 Å². The lowest BCUT2D eigenvalue weighted by Crippen LogP contribution is -2.14. The smallest absolute Gasteiger partial charge is 0.321 e. The highest BCUT2D eigenvalue weighted by Gasteiger charge is 2.31. The van der Waals surface area contributed by atoms with E-state index in [-0.39, 0.29) is 11.3 Å². The molecular weight excluding hydrogens is 378 g/mol. The van der Waals surface area contributed by atoms with Gasteiger partial charge in [-0.1, -0.05) is 30.0 Å². The maximum absolute atomic E-state index is 13.1. The monoisotopic (exact) mass is 391 g/mol. The number of hydrogen-bond donors (Lipinski definition) is 1. The Bertz CT molecular complexity index is 940. The third-order valence-electron chi connectivity index (χ3n) is 3.63. The van der Waals surface area contributed by atoms with Gasteiger partial charge in [0.05, 0.1) is 11.3 Å². The molecule has 1 N–H and O–H groups in total. The number of carbonyl (C=O) groups excluding carboxylic acids is 1. The molecular formula is C20H13F4NOS. The predicted molar refractivity (Wildman–Crippen MR) is 96.4 cm³/mol. The van der Waals surface area contributed by atoms with E-state index in [1.807, 2.05) is 30.3 Å². The summed E-state index contributed by atoms with van der Waals surface area (Å²) in [5, 5.41) is 2.50. The van der Waals surface area contributed by atoms with Crippen LogP contribution < -0.4 is 5.32 Å². The average Bonchev–Trinajstić information content (AvgIpc) is 2.63. The normalized spacial score (nSPS) is 11.3. The lowest BCUT2D eigenvalue weighted by molar-refractivity contribution is -0.137. The lowest BCUT2D eigenvalue weighted by atomic mass is 10.1. The van der Waals surface area contributed by atoms with Crippen molar-refractivity contribution in [2.45, 2.75) is 16.0 Å². The van der Waals surface area contributed by atoms with Crippen LogP contribution in [0.5, 0.6) is 0 Å². The van der Waals surface area contributed by atoms with Crippen molar-refractivity contribution in [3.8, 4) is 0 Å². The minimum absolute atomic E-state index is 0.0352. The first-order valence-electron chi connectivity index (χ1n) is 7.84. The minimum Gasteiger partial charge on any atom is -0.321 e. The van der Waals surface area contributed by atoms with Gasteiger partial charge < -0.3 is 5.32 Å². The van der Waals surface area contributed by atoms with Crippen molar-refractivity contribution in [3.05, 3.63) is 89.7 Å². The number of alkyl halides is 3. The number of rotatable bonds is 4. The van der Waals surface area contributed by atoms with E-state index in [9.17, 15) is 22.4 Å². The zero-order valence-electron chi connectivity index (χ0n) is 13.8. The van der Waals surface area contributed by atoms with Crippen molar-refractivity contribution in [3.63, 3.8) is 0 Å². The highest BCUT2D eigenvalue weighted by molar-refractivity contribution is 7.99. The van der Waals surface area contributed by atoms with Gasteiger partial charge in [-0.05, 0) is 54.6 Å². The van der Waals surface area contributed by atoms with Gasteiger partial charge in [0, 0.05) is 15.4 Å².